The topological polar surface area (TPSA) is 55.1 Å². The van der Waals surface area contributed by atoms with E-state index in [1.807, 2.05) is 30.5 Å². The number of nitrogens with one attached hydrogen (secondary N) is 1. The van der Waals surface area contributed by atoms with Crippen molar-refractivity contribution in [2.75, 3.05) is 6.54 Å². The van der Waals surface area contributed by atoms with Crippen LogP contribution in [0.15, 0.2) is 23.6 Å². The predicted molar refractivity (Wildman–Crippen MR) is 82.6 cm³/mol. The maximum Gasteiger partial charge on any atom is 0.251 e. The van der Waals surface area contributed by atoms with E-state index in [1.54, 1.807) is 11.3 Å². The Kier molecular flexibility index (Phi) is 3.54. The van der Waals surface area contributed by atoms with Crippen LogP contribution in [0.25, 0.3) is 0 Å². The molecule has 0 radical (unpaired) electrons. The molecule has 1 aromatic heterocycles. The van der Waals surface area contributed by atoms with Crippen molar-refractivity contribution >= 4 is 28.8 Å². The zero-order valence-electron chi connectivity index (χ0n) is 11.1. The van der Waals surface area contributed by atoms with Crippen LogP contribution < -0.4 is 11.1 Å². The standard InChI is InChI=1S/C15H15ClN2OS/c1-8-7-20-14(12(8)16)13(17)10-3-2-9-4-5-18-15(19)11(9)6-10/h2-3,6-7,13H,4-5,17H2,1H3,(H,18,19). The highest BCUT2D eigenvalue weighted by atomic mass is 35.5. The summed E-state index contributed by atoms with van der Waals surface area (Å²) >= 11 is 7.84. The zero-order valence-corrected chi connectivity index (χ0v) is 12.6. The maximum absolute atomic E-state index is 11.9. The fourth-order valence-electron chi connectivity index (χ4n) is 2.43. The minimum Gasteiger partial charge on any atom is -0.352 e. The second-order valence-electron chi connectivity index (χ2n) is 5.00. The molecule has 1 unspecified atom stereocenters. The summed E-state index contributed by atoms with van der Waals surface area (Å²) in [6.45, 7) is 2.67. The van der Waals surface area contributed by atoms with Crippen LogP contribution in [-0.4, -0.2) is 12.5 Å². The van der Waals surface area contributed by atoms with Gasteiger partial charge in [0.2, 0.25) is 0 Å². The molecule has 1 aliphatic heterocycles. The van der Waals surface area contributed by atoms with Gasteiger partial charge in [-0.3, -0.25) is 4.79 Å². The van der Waals surface area contributed by atoms with Gasteiger partial charge in [0.15, 0.2) is 0 Å². The molecule has 0 aliphatic carbocycles. The molecule has 3 nitrogen and oxygen atoms in total. The molecule has 5 heteroatoms. The van der Waals surface area contributed by atoms with Gasteiger partial charge in [-0.05, 0) is 41.5 Å². The first kappa shape index (κ1) is 13.6. The van der Waals surface area contributed by atoms with E-state index in [4.69, 9.17) is 17.3 Å². The summed E-state index contributed by atoms with van der Waals surface area (Å²) in [5, 5.41) is 5.59. The van der Waals surface area contributed by atoms with Crippen molar-refractivity contribution in [3.8, 4) is 0 Å². The smallest absolute Gasteiger partial charge is 0.251 e. The number of rotatable bonds is 2. The molecule has 0 spiro atoms. The van der Waals surface area contributed by atoms with Crippen molar-refractivity contribution in [3.63, 3.8) is 0 Å². The van der Waals surface area contributed by atoms with Crippen LogP contribution in [0.4, 0.5) is 0 Å². The number of fused-ring (bicyclic) bond motifs is 1. The van der Waals surface area contributed by atoms with E-state index in [1.165, 1.54) is 0 Å². The Labute approximate surface area is 126 Å². The van der Waals surface area contributed by atoms with Gasteiger partial charge in [-0.25, -0.2) is 0 Å². The Hall–Kier alpha value is -1.36. The molecule has 0 fully saturated rings. The van der Waals surface area contributed by atoms with Gasteiger partial charge in [0.1, 0.15) is 0 Å². The summed E-state index contributed by atoms with van der Waals surface area (Å²) in [5.74, 6) is -0.0197. The third-order valence-electron chi connectivity index (χ3n) is 3.63. The van der Waals surface area contributed by atoms with E-state index in [0.29, 0.717) is 6.54 Å². The van der Waals surface area contributed by atoms with Crippen molar-refractivity contribution < 1.29 is 4.79 Å². The molecular weight excluding hydrogens is 292 g/mol. The Morgan fingerprint density at radius 1 is 1.45 bits per heavy atom. The molecule has 104 valence electrons. The van der Waals surface area contributed by atoms with E-state index in [9.17, 15) is 4.79 Å². The van der Waals surface area contributed by atoms with Crippen molar-refractivity contribution in [1.82, 2.24) is 5.32 Å². The molecular formula is C15H15ClN2OS. The lowest BCUT2D eigenvalue weighted by molar-refractivity contribution is 0.0946. The van der Waals surface area contributed by atoms with Crippen LogP contribution in [0.2, 0.25) is 5.02 Å². The largest absolute Gasteiger partial charge is 0.352 e. The second-order valence-corrected chi connectivity index (χ2v) is 6.29. The van der Waals surface area contributed by atoms with Crippen LogP contribution in [0.5, 0.6) is 0 Å². The van der Waals surface area contributed by atoms with Crippen molar-refractivity contribution in [3.05, 3.63) is 55.7 Å². The summed E-state index contributed by atoms with van der Waals surface area (Å²) in [6.07, 6.45) is 0.870. The van der Waals surface area contributed by atoms with Gasteiger partial charge in [-0.1, -0.05) is 23.7 Å². The summed E-state index contributed by atoms with van der Waals surface area (Å²) in [4.78, 5) is 12.8. The van der Waals surface area contributed by atoms with Crippen molar-refractivity contribution in [2.45, 2.75) is 19.4 Å². The van der Waals surface area contributed by atoms with Gasteiger partial charge in [0.25, 0.3) is 5.91 Å². The van der Waals surface area contributed by atoms with Gasteiger partial charge in [-0.15, -0.1) is 11.3 Å². The third kappa shape index (κ3) is 2.24. The lowest BCUT2D eigenvalue weighted by atomic mass is 9.95. The molecule has 2 heterocycles. The molecule has 2 aromatic rings. The molecule has 3 rings (SSSR count). The molecule has 1 aromatic carbocycles. The average molecular weight is 307 g/mol. The lowest BCUT2D eigenvalue weighted by Gasteiger charge is -2.19. The summed E-state index contributed by atoms with van der Waals surface area (Å²) in [7, 11) is 0. The minimum atomic E-state index is -0.291. The monoisotopic (exact) mass is 306 g/mol. The Bertz CT molecular complexity index is 681. The fraction of sp³-hybridized carbons (Fsp3) is 0.267. The number of hydrogen-bond acceptors (Lipinski definition) is 3. The van der Waals surface area contributed by atoms with E-state index in [-0.39, 0.29) is 11.9 Å². The average Bonchev–Trinajstić information content (AvgIpc) is 2.78. The van der Waals surface area contributed by atoms with E-state index in [2.05, 4.69) is 5.32 Å². The number of halogens is 1. The highest BCUT2D eigenvalue weighted by Gasteiger charge is 2.21. The summed E-state index contributed by atoms with van der Waals surface area (Å²) < 4.78 is 0. The van der Waals surface area contributed by atoms with Gasteiger partial charge in [0.05, 0.1) is 11.1 Å². The second kappa shape index (κ2) is 5.20. The first-order valence-electron chi connectivity index (χ1n) is 6.48. The first-order valence-corrected chi connectivity index (χ1v) is 7.74. The lowest BCUT2D eigenvalue weighted by Crippen LogP contribution is -2.32. The van der Waals surface area contributed by atoms with Crippen LogP contribution in [-0.2, 0) is 6.42 Å². The van der Waals surface area contributed by atoms with Crippen LogP contribution in [0, 0.1) is 6.92 Å². The summed E-state index contributed by atoms with van der Waals surface area (Å²) in [6, 6.07) is 5.59. The molecule has 0 saturated heterocycles. The van der Waals surface area contributed by atoms with Crippen molar-refractivity contribution in [1.29, 1.82) is 0 Å². The zero-order chi connectivity index (χ0) is 14.3. The SMILES string of the molecule is Cc1csc(C(N)c2ccc3c(c2)C(=O)NCC3)c1Cl. The number of amides is 1. The van der Waals surface area contributed by atoms with Gasteiger partial charge in [-0.2, -0.15) is 0 Å². The van der Waals surface area contributed by atoms with Gasteiger partial charge < -0.3 is 11.1 Å². The molecule has 3 N–H and O–H groups in total. The number of thiophene rings is 1. The predicted octanol–water partition coefficient (Wildman–Crippen LogP) is 3.04. The van der Waals surface area contributed by atoms with Crippen LogP contribution >= 0.6 is 22.9 Å². The number of hydrogen-bond donors (Lipinski definition) is 2. The highest BCUT2D eigenvalue weighted by Crippen LogP contribution is 2.35. The Morgan fingerprint density at radius 2 is 2.25 bits per heavy atom. The number of nitrogens with two attached hydrogens (primary N) is 1. The minimum absolute atomic E-state index is 0.0197. The molecule has 1 atom stereocenters. The van der Waals surface area contributed by atoms with E-state index in [0.717, 1.165) is 38.6 Å². The van der Waals surface area contributed by atoms with E-state index >= 15 is 0 Å². The van der Waals surface area contributed by atoms with E-state index < -0.39 is 0 Å². The maximum atomic E-state index is 11.9. The van der Waals surface area contributed by atoms with Crippen LogP contribution in [0.3, 0.4) is 0 Å². The Balaban J connectivity index is 2.00. The highest BCUT2D eigenvalue weighted by molar-refractivity contribution is 7.10. The number of carbonyl (C=O) groups excluding carboxylic acids is 1. The quantitative estimate of drug-likeness (QED) is 0.896. The molecule has 1 aliphatic rings. The number of benzene rings is 1. The Morgan fingerprint density at radius 3 is 2.95 bits per heavy atom. The number of aryl methyl sites for hydroxylation is 1. The van der Waals surface area contributed by atoms with Gasteiger partial charge in [0, 0.05) is 17.0 Å². The van der Waals surface area contributed by atoms with Crippen LogP contribution in [0.1, 0.15) is 38.0 Å². The number of carbonyl (C=O) groups is 1. The third-order valence-corrected chi connectivity index (χ3v) is 5.42. The molecule has 20 heavy (non-hydrogen) atoms. The molecule has 0 saturated carbocycles. The normalized spacial score (nSPS) is 15.7. The molecule has 0 bridgehead atoms. The first-order chi connectivity index (χ1) is 9.58. The van der Waals surface area contributed by atoms with Gasteiger partial charge >= 0.3 is 0 Å². The summed E-state index contributed by atoms with van der Waals surface area (Å²) in [5.41, 5.74) is 10.1. The molecule has 1 amide bonds. The fourth-order valence-corrected chi connectivity index (χ4v) is 3.77. The van der Waals surface area contributed by atoms with Crippen molar-refractivity contribution in [2.24, 2.45) is 5.73 Å².